The van der Waals surface area contributed by atoms with Gasteiger partial charge in [0.15, 0.2) is 5.65 Å². The minimum Gasteiger partial charge on any atom is -0.379 e. The lowest BCUT2D eigenvalue weighted by Crippen LogP contribution is -2.41. The SMILES string of the molecule is O=C(N[C@H]1COC[C@H]1Cc1ccnc2ccccc12)c1cnc2cccnn12. The molecule has 7 nitrogen and oxygen atoms in total. The van der Waals surface area contributed by atoms with E-state index in [1.807, 2.05) is 36.5 Å². The van der Waals surface area contributed by atoms with E-state index in [1.165, 1.54) is 5.56 Å². The Labute approximate surface area is 161 Å². The van der Waals surface area contributed by atoms with E-state index in [0.717, 1.165) is 17.3 Å². The van der Waals surface area contributed by atoms with Crippen molar-refractivity contribution in [1.82, 2.24) is 24.9 Å². The molecule has 0 saturated carbocycles. The molecule has 1 fully saturated rings. The minimum absolute atomic E-state index is 0.0614. The molecule has 140 valence electrons. The minimum atomic E-state index is -0.189. The Morgan fingerprint density at radius 2 is 2.04 bits per heavy atom. The van der Waals surface area contributed by atoms with E-state index in [2.05, 4.69) is 26.4 Å². The number of nitrogens with zero attached hydrogens (tertiary/aromatic N) is 4. The molecule has 1 N–H and O–H groups in total. The summed E-state index contributed by atoms with van der Waals surface area (Å²) >= 11 is 0. The van der Waals surface area contributed by atoms with Gasteiger partial charge in [0.25, 0.3) is 5.91 Å². The van der Waals surface area contributed by atoms with Crippen molar-refractivity contribution in [2.45, 2.75) is 12.5 Å². The number of hydrogen-bond acceptors (Lipinski definition) is 5. The van der Waals surface area contributed by atoms with Crippen molar-refractivity contribution in [3.8, 4) is 0 Å². The van der Waals surface area contributed by atoms with Crippen molar-refractivity contribution in [1.29, 1.82) is 0 Å². The molecule has 4 aromatic rings. The molecule has 2 atom stereocenters. The molecule has 1 aliphatic rings. The lowest BCUT2D eigenvalue weighted by Gasteiger charge is -2.19. The summed E-state index contributed by atoms with van der Waals surface area (Å²) in [6.07, 6.45) is 5.85. The highest BCUT2D eigenvalue weighted by Gasteiger charge is 2.31. The van der Waals surface area contributed by atoms with Crippen LogP contribution in [0.15, 0.2) is 61.1 Å². The first-order valence-electron chi connectivity index (χ1n) is 9.29. The van der Waals surface area contributed by atoms with Crippen molar-refractivity contribution in [2.24, 2.45) is 5.92 Å². The van der Waals surface area contributed by atoms with E-state index in [4.69, 9.17) is 4.74 Å². The van der Waals surface area contributed by atoms with Crippen LogP contribution < -0.4 is 5.32 Å². The maximum absolute atomic E-state index is 12.8. The summed E-state index contributed by atoms with van der Waals surface area (Å²) in [5.41, 5.74) is 3.28. The van der Waals surface area contributed by atoms with Gasteiger partial charge in [0.2, 0.25) is 0 Å². The monoisotopic (exact) mass is 373 g/mol. The predicted octanol–water partition coefficient (Wildman–Crippen LogP) is 2.26. The molecule has 1 saturated heterocycles. The van der Waals surface area contributed by atoms with Gasteiger partial charge in [0.1, 0.15) is 5.69 Å². The molecular weight excluding hydrogens is 354 g/mol. The topological polar surface area (TPSA) is 81.4 Å². The van der Waals surface area contributed by atoms with Gasteiger partial charge in [-0.1, -0.05) is 18.2 Å². The van der Waals surface area contributed by atoms with Crippen LogP contribution in [0.3, 0.4) is 0 Å². The summed E-state index contributed by atoms with van der Waals surface area (Å²) < 4.78 is 7.24. The number of aromatic nitrogens is 4. The molecule has 0 radical (unpaired) electrons. The summed E-state index contributed by atoms with van der Waals surface area (Å²) in [4.78, 5) is 21.5. The average molecular weight is 373 g/mol. The Kier molecular flexibility index (Phi) is 4.21. The van der Waals surface area contributed by atoms with Crippen LogP contribution >= 0.6 is 0 Å². The lowest BCUT2D eigenvalue weighted by atomic mass is 9.93. The Hall–Kier alpha value is -3.32. The van der Waals surface area contributed by atoms with Gasteiger partial charge in [-0.05, 0) is 36.2 Å². The fourth-order valence-corrected chi connectivity index (χ4v) is 3.80. The van der Waals surface area contributed by atoms with Gasteiger partial charge in [0.05, 0.1) is 31.0 Å². The van der Waals surface area contributed by atoms with E-state index in [0.29, 0.717) is 24.6 Å². The van der Waals surface area contributed by atoms with Gasteiger partial charge < -0.3 is 10.1 Å². The number of carbonyl (C=O) groups is 1. The molecule has 0 spiro atoms. The first kappa shape index (κ1) is 16.8. The number of nitrogens with one attached hydrogen (secondary N) is 1. The van der Waals surface area contributed by atoms with E-state index in [-0.39, 0.29) is 17.9 Å². The van der Waals surface area contributed by atoms with Gasteiger partial charge in [-0.2, -0.15) is 5.10 Å². The molecule has 3 aromatic heterocycles. The molecule has 28 heavy (non-hydrogen) atoms. The van der Waals surface area contributed by atoms with Gasteiger partial charge in [-0.3, -0.25) is 9.78 Å². The molecule has 7 heteroatoms. The number of amides is 1. The number of ether oxygens (including phenoxy) is 1. The number of pyridine rings is 1. The van der Waals surface area contributed by atoms with Crippen LogP contribution in [0.5, 0.6) is 0 Å². The number of benzene rings is 1. The van der Waals surface area contributed by atoms with Gasteiger partial charge in [0, 0.05) is 23.7 Å². The molecule has 4 heterocycles. The normalized spacial score (nSPS) is 19.3. The zero-order chi connectivity index (χ0) is 18.9. The van der Waals surface area contributed by atoms with Crippen LogP contribution in [0.2, 0.25) is 0 Å². The molecule has 0 bridgehead atoms. The molecule has 0 unspecified atom stereocenters. The van der Waals surface area contributed by atoms with Gasteiger partial charge in [-0.25, -0.2) is 9.50 Å². The second kappa shape index (κ2) is 7.01. The Morgan fingerprint density at radius 3 is 3.00 bits per heavy atom. The molecule has 1 aliphatic heterocycles. The van der Waals surface area contributed by atoms with Crippen molar-refractivity contribution >= 4 is 22.5 Å². The first-order valence-corrected chi connectivity index (χ1v) is 9.29. The summed E-state index contributed by atoms with van der Waals surface area (Å²) in [5.74, 6) is 0.00758. The van der Waals surface area contributed by atoms with Gasteiger partial charge >= 0.3 is 0 Å². The fraction of sp³-hybridized carbons (Fsp3) is 0.238. The molecular formula is C21H19N5O2. The smallest absolute Gasteiger partial charge is 0.271 e. The summed E-state index contributed by atoms with van der Waals surface area (Å²) in [6, 6.07) is 13.7. The Balaban J connectivity index is 1.36. The number of imidazole rings is 1. The van der Waals surface area contributed by atoms with Crippen LogP contribution in [-0.4, -0.2) is 44.7 Å². The van der Waals surface area contributed by atoms with Crippen molar-refractivity contribution < 1.29 is 9.53 Å². The quantitative estimate of drug-likeness (QED) is 0.593. The number of carbonyl (C=O) groups excluding carboxylic acids is 1. The maximum atomic E-state index is 12.8. The van der Waals surface area contributed by atoms with E-state index < -0.39 is 0 Å². The third kappa shape index (κ3) is 2.99. The molecule has 1 amide bonds. The number of para-hydroxylation sites is 1. The second-order valence-corrected chi connectivity index (χ2v) is 7.01. The number of rotatable bonds is 4. The van der Waals surface area contributed by atoms with Crippen molar-refractivity contribution in [3.05, 3.63) is 72.3 Å². The second-order valence-electron chi connectivity index (χ2n) is 7.01. The third-order valence-electron chi connectivity index (χ3n) is 5.25. The standard InChI is InChI=1S/C21H19N5O2/c27-21(19-11-23-20-6-3-8-24-26(19)20)25-18-13-28-12-15(18)10-14-7-9-22-17-5-2-1-4-16(14)17/h1-9,11,15,18H,10,12-13H2,(H,25,27)/t15-,18+/m1/s1. The van der Waals surface area contributed by atoms with Crippen LogP contribution in [0.25, 0.3) is 16.6 Å². The summed E-state index contributed by atoms with van der Waals surface area (Å²) in [5, 5.41) is 8.47. The summed E-state index contributed by atoms with van der Waals surface area (Å²) in [7, 11) is 0. The van der Waals surface area contributed by atoms with Crippen molar-refractivity contribution in [3.63, 3.8) is 0 Å². The average Bonchev–Trinajstić information content (AvgIpc) is 3.35. The molecule has 1 aromatic carbocycles. The van der Waals surface area contributed by atoms with Crippen LogP contribution in [0, 0.1) is 5.92 Å². The number of hydrogen-bond donors (Lipinski definition) is 1. The summed E-state index contributed by atoms with van der Waals surface area (Å²) in [6.45, 7) is 1.12. The van der Waals surface area contributed by atoms with Crippen LogP contribution in [0.1, 0.15) is 16.1 Å². The van der Waals surface area contributed by atoms with E-state index >= 15 is 0 Å². The highest BCUT2D eigenvalue weighted by Crippen LogP contribution is 2.24. The fourth-order valence-electron chi connectivity index (χ4n) is 3.80. The number of fused-ring (bicyclic) bond motifs is 2. The highest BCUT2D eigenvalue weighted by molar-refractivity contribution is 5.93. The largest absolute Gasteiger partial charge is 0.379 e. The Bertz CT molecular complexity index is 1150. The van der Waals surface area contributed by atoms with E-state index in [9.17, 15) is 4.79 Å². The van der Waals surface area contributed by atoms with Crippen LogP contribution in [0.4, 0.5) is 0 Å². The van der Waals surface area contributed by atoms with Gasteiger partial charge in [-0.15, -0.1) is 0 Å². The highest BCUT2D eigenvalue weighted by atomic mass is 16.5. The maximum Gasteiger partial charge on any atom is 0.271 e. The lowest BCUT2D eigenvalue weighted by molar-refractivity contribution is 0.0918. The zero-order valence-corrected chi connectivity index (χ0v) is 15.2. The van der Waals surface area contributed by atoms with Crippen molar-refractivity contribution in [2.75, 3.05) is 13.2 Å². The van der Waals surface area contributed by atoms with Crippen LogP contribution in [-0.2, 0) is 11.2 Å². The first-order chi connectivity index (χ1) is 13.8. The predicted molar refractivity (Wildman–Crippen MR) is 104 cm³/mol. The van der Waals surface area contributed by atoms with E-state index in [1.54, 1.807) is 23.0 Å². The zero-order valence-electron chi connectivity index (χ0n) is 15.2. The molecule has 0 aliphatic carbocycles. The Morgan fingerprint density at radius 1 is 1.11 bits per heavy atom. The molecule has 5 rings (SSSR count). The third-order valence-corrected chi connectivity index (χ3v) is 5.25.